The zero-order valence-electron chi connectivity index (χ0n) is 5.76. The standard InChI is InChI=1S/C7H3F3N2/c8-5-4(3-11)1-2-12-6(5)7(9)10/h1-2,7H. The van der Waals surface area contributed by atoms with Gasteiger partial charge in [-0.05, 0) is 6.07 Å². The van der Waals surface area contributed by atoms with E-state index in [2.05, 4.69) is 4.98 Å². The van der Waals surface area contributed by atoms with E-state index in [-0.39, 0.29) is 0 Å². The summed E-state index contributed by atoms with van der Waals surface area (Å²) in [5, 5.41) is 8.26. The minimum Gasteiger partial charge on any atom is -0.252 e. The van der Waals surface area contributed by atoms with Gasteiger partial charge in [0.05, 0.1) is 5.56 Å². The summed E-state index contributed by atoms with van der Waals surface area (Å²) in [6.07, 6.45) is -2.01. The second-order valence-electron chi connectivity index (χ2n) is 1.97. The molecule has 0 bridgehead atoms. The number of halogens is 3. The molecule has 0 fully saturated rings. The van der Waals surface area contributed by atoms with Gasteiger partial charge in [-0.3, -0.25) is 4.98 Å². The van der Waals surface area contributed by atoms with Crippen LogP contribution in [0.3, 0.4) is 0 Å². The summed E-state index contributed by atoms with van der Waals surface area (Å²) in [4.78, 5) is 3.11. The van der Waals surface area contributed by atoms with Crippen molar-refractivity contribution in [1.82, 2.24) is 4.98 Å². The summed E-state index contributed by atoms with van der Waals surface area (Å²) < 4.78 is 36.6. The maximum Gasteiger partial charge on any atom is 0.283 e. The van der Waals surface area contributed by atoms with Crippen LogP contribution in [0.2, 0.25) is 0 Å². The molecule has 5 heteroatoms. The van der Waals surface area contributed by atoms with Crippen LogP contribution < -0.4 is 0 Å². The van der Waals surface area contributed by atoms with E-state index in [9.17, 15) is 13.2 Å². The van der Waals surface area contributed by atoms with Crippen LogP contribution in [0.5, 0.6) is 0 Å². The van der Waals surface area contributed by atoms with Crippen LogP contribution in [0.4, 0.5) is 13.2 Å². The Morgan fingerprint density at radius 1 is 1.50 bits per heavy atom. The molecule has 0 saturated heterocycles. The second-order valence-corrected chi connectivity index (χ2v) is 1.97. The molecule has 0 aliphatic rings. The average Bonchev–Trinajstić information content (AvgIpc) is 2.04. The molecule has 0 atom stereocenters. The van der Waals surface area contributed by atoms with Gasteiger partial charge in [0.2, 0.25) is 0 Å². The van der Waals surface area contributed by atoms with Gasteiger partial charge < -0.3 is 0 Å². The van der Waals surface area contributed by atoms with E-state index in [1.165, 1.54) is 6.07 Å². The molecule has 1 aromatic rings. The van der Waals surface area contributed by atoms with E-state index in [1.807, 2.05) is 0 Å². The molecule has 1 heterocycles. The van der Waals surface area contributed by atoms with E-state index in [4.69, 9.17) is 5.26 Å². The van der Waals surface area contributed by atoms with Gasteiger partial charge in [0.15, 0.2) is 5.82 Å². The van der Waals surface area contributed by atoms with Crippen LogP contribution in [-0.2, 0) is 0 Å². The van der Waals surface area contributed by atoms with Gasteiger partial charge in [-0.2, -0.15) is 5.26 Å². The molecule has 0 radical (unpaired) electrons. The van der Waals surface area contributed by atoms with Crippen molar-refractivity contribution in [3.63, 3.8) is 0 Å². The number of alkyl halides is 2. The zero-order valence-corrected chi connectivity index (χ0v) is 5.76. The van der Waals surface area contributed by atoms with Crippen LogP contribution in [0.15, 0.2) is 12.3 Å². The molecule has 0 aromatic carbocycles. The Bertz CT molecular complexity index is 330. The first-order valence-electron chi connectivity index (χ1n) is 2.99. The van der Waals surface area contributed by atoms with Crippen LogP contribution in [-0.4, -0.2) is 4.98 Å². The summed E-state index contributed by atoms with van der Waals surface area (Å²) in [7, 11) is 0. The fourth-order valence-electron chi connectivity index (χ4n) is 0.698. The van der Waals surface area contributed by atoms with Crippen molar-refractivity contribution in [3.05, 3.63) is 29.3 Å². The van der Waals surface area contributed by atoms with Gasteiger partial charge in [-0.15, -0.1) is 0 Å². The quantitative estimate of drug-likeness (QED) is 0.649. The summed E-state index contributed by atoms with van der Waals surface area (Å²) in [5.74, 6) is -1.24. The molecular weight excluding hydrogens is 169 g/mol. The SMILES string of the molecule is N#Cc1ccnc(C(F)F)c1F. The highest BCUT2D eigenvalue weighted by molar-refractivity contribution is 5.31. The van der Waals surface area contributed by atoms with E-state index >= 15 is 0 Å². The lowest BCUT2D eigenvalue weighted by Gasteiger charge is -1.99. The lowest BCUT2D eigenvalue weighted by Crippen LogP contribution is -1.97. The molecular formula is C7H3F3N2. The van der Waals surface area contributed by atoms with Crippen molar-refractivity contribution in [2.24, 2.45) is 0 Å². The first-order valence-corrected chi connectivity index (χ1v) is 2.99. The molecule has 2 nitrogen and oxygen atoms in total. The Balaban J connectivity index is 3.25. The molecule has 1 aromatic heterocycles. The first kappa shape index (κ1) is 8.53. The van der Waals surface area contributed by atoms with Gasteiger partial charge in [0, 0.05) is 6.20 Å². The number of pyridine rings is 1. The normalized spacial score (nSPS) is 9.92. The third kappa shape index (κ3) is 1.37. The molecule has 1 rings (SSSR count). The monoisotopic (exact) mass is 172 g/mol. The molecule has 0 unspecified atom stereocenters. The van der Waals surface area contributed by atoms with Crippen LogP contribution in [0.25, 0.3) is 0 Å². The molecule has 0 aliphatic carbocycles. The Morgan fingerprint density at radius 3 is 2.67 bits per heavy atom. The zero-order chi connectivity index (χ0) is 9.14. The predicted molar refractivity (Wildman–Crippen MR) is 33.9 cm³/mol. The summed E-state index contributed by atoms with van der Waals surface area (Å²) in [6, 6.07) is 2.49. The number of nitriles is 1. The molecule has 0 spiro atoms. The van der Waals surface area contributed by atoms with Crippen LogP contribution >= 0.6 is 0 Å². The van der Waals surface area contributed by atoms with Gasteiger partial charge >= 0.3 is 0 Å². The second kappa shape index (κ2) is 3.22. The molecule has 62 valence electrons. The molecule has 0 amide bonds. The highest BCUT2D eigenvalue weighted by Gasteiger charge is 2.17. The topological polar surface area (TPSA) is 36.7 Å². The van der Waals surface area contributed by atoms with Crippen molar-refractivity contribution in [2.75, 3.05) is 0 Å². The summed E-state index contributed by atoms with van der Waals surface area (Å²) >= 11 is 0. The lowest BCUT2D eigenvalue weighted by atomic mass is 10.2. The van der Waals surface area contributed by atoms with Crippen molar-refractivity contribution in [2.45, 2.75) is 6.43 Å². The summed E-state index contributed by atoms with van der Waals surface area (Å²) in [5.41, 5.74) is -1.39. The fraction of sp³-hybridized carbons (Fsp3) is 0.143. The Morgan fingerprint density at radius 2 is 2.17 bits per heavy atom. The van der Waals surface area contributed by atoms with Gasteiger partial charge in [0.1, 0.15) is 11.8 Å². The largest absolute Gasteiger partial charge is 0.283 e. The molecule has 0 aliphatic heterocycles. The van der Waals surface area contributed by atoms with E-state index in [0.717, 1.165) is 12.3 Å². The highest BCUT2D eigenvalue weighted by atomic mass is 19.3. The van der Waals surface area contributed by atoms with Crippen molar-refractivity contribution >= 4 is 0 Å². The van der Waals surface area contributed by atoms with Crippen molar-refractivity contribution in [3.8, 4) is 6.07 Å². The molecule has 0 N–H and O–H groups in total. The third-order valence-corrected chi connectivity index (χ3v) is 1.24. The van der Waals surface area contributed by atoms with E-state index < -0.39 is 23.5 Å². The average molecular weight is 172 g/mol. The van der Waals surface area contributed by atoms with Crippen LogP contribution in [0.1, 0.15) is 17.7 Å². The summed E-state index contributed by atoms with van der Waals surface area (Å²) in [6.45, 7) is 0. The third-order valence-electron chi connectivity index (χ3n) is 1.24. The van der Waals surface area contributed by atoms with Crippen molar-refractivity contribution in [1.29, 1.82) is 5.26 Å². The number of rotatable bonds is 1. The van der Waals surface area contributed by atoms with Gasteiger partial charge in [-0.1, -0.05) is 0 Å². The maximum absolute atomic E-state index is 12.8. The molecule has 12 heavy (non-hydrogen) atoms. The minimum atomic E-state index is -2.99. The van der Waals surface area contributed by atoms with E-state index in [1.54, 1.807) is 0 Å². The maximum atomic E-state index is 12.8. The number of hydrogen-bond acceptors (Lipinski definition) is 2. The Labute approximate surface area is 66.3 Å². The van der Waals surface area contributed by atoms with Gasteiger partial charge in [-0.25, -0.2) is 13.2 Å². The lowest BCUT2D eigenvalue weighted by molar-refractivity contribution is 0.140. The minimum absolute atomic E-state index is 0.416. The fourth-order valence-corrected chi connectivity index (χ4v) is 0.698. The smallest absolute Gasteiger partial charge is 0.252 e. The number of aromatic nitrogens is 1. The first-order chi connectivity index (χ1) is 5.66. The van der Waals surface area contributed by atoms with E-state index in [0.29, 0.717) is 0 Å². The highest BCUT2D eigenvalue weighted by Crippen LogP contribution is 2.20. The molecule has 0 saturated carbocycles. The van der Waals surface area contributed by atoms with Crippen LogP contribution in [0, 0.1) is 17.1 Å². The number of hydrogen-bond donors (Lipinski definition) is 0. The Hall–Kier alpha value is -1.57. The Kier molecular flexibility index (Phi) is 2.29. The number of nitrogens with zero attached hydrogens (tertiary/aromatic N) is 2. The predicted octanol–water partition coefficient (Wildman–Crippen LogP) is 2.03. The van der Waals surface area contributed by atoms with Crippen molar-refractivity contribution < 1.29 is 13.2 Å². The van der Waals surface area contributed by atoms with Gasteiger partial charge in [0.25, 0.3) is 6.43 Å².